The minimum Gasteiger partial charge on any atom is -0.511 e. The van der Waals surface area contributed by atoms with Gasteiger partial charge in [0, 0.05) is 31.7 Å². The van der Waals surface area contributed by atoms with Gasteiger partial charge >= 0.3 is 12.0 Å². The van der Waals surface area contributed by atoms with E-state index < -0.39 is 11.9 Å². The number of alkyl halides is 3. The van der Waals surface area contributed by atoms with E-state index in [2.05, 4.69) is 64.3 Å². The fraction of sp³-hybridized carbons (Fsp3) is 0.268. The van der Waals surface area contributed by atoms with Crippen molar-refractivity contribution in [2.24, 2.45) is 10.8 Å². The van der Waals surface area contributed by atoms with E-state index >= 15 is 0 Å². The molecule has 0 fully saturated rings. The fourth-order valence-electron chi connectivity index (χ4n) is 5.30. The van der Waals surface area contributed by atoms with Crippen molar-refractivity contribution >= 4 is 38.4 Å². The van der Waals surface area contributed by atoms with Crippen LogP contribution in [0.15, 0.2) is 91.0 Å². The maximum atomic E-state index is 13.0. The third-order valence-corrected chi connectivity index (χ3v) is 8.14. The van der Waals surface area contributed by atoms with Gasteiger partial charge in [-0.2, -0.15) is 13.2 Å². The first-order valence-corrected chi connectivity index (χ1v) is 16.0. The van der Waals surface area contributed by atoms with E-state index in [0.717, 1.165) is 55.7 Å². The second kappa shape index (κ2) is 14.4. The first kappa shape index (κ1) is 38.3. The Morgan fingerprint density at radius 3 is 2.06 bits per heavy atom. The smallest absolute Gasteiger partial charge is 0.434 e. The number of benzene rings is 4. The van der Waals surface area contributed by atoms with Gasteiger partial charge in [-0.25, -0.2) is 4.98 Å². The van der Waals surface area contributed by atoms with Gasteiger partial charge < -0.3 is 10.1 Å². The first-order chi connectivity index (χ1) is 22.8. The number of carbonyl (C=O) groups excluding carboxylic acids is 1. The fourth-order valence-corrected chi connectivity index (χ4v) is 5.30. The summed E-state index contributed by atoms with van der Waals surface area (Å²) in [4.78, 5) is 22.0. The normalized spacial score (nSPS) is 12.4. The van der Waals surface area contributed by atoms with Crippen LogP contribution in [0, 0.1) is 30.7 Å². The van der Waals surface area contributed by atoms with Crippen LogP contribution in [0.3, 0.4) is 0 Å². The Hall–Kier alpha value is -4.46. The molecule has 0 atom stereocenters. The van der Waals surface area contributed by atoms with Crippen LogP contribution in [0.2, 0.25) is 0 Å². The molecule has 6 rings (SSSR count). The summed E-state index contributed by atoms with van der Waals surface area (Å²) in [6.45, 7) is 15.5. The molecule has 9 heteroatoms. The molecule has 2 heterocycles. The number of halogens is 3. The van der Waals surface area contributed by atoms with Crippen molar-refractivity contribution < 1.29 is 43.2 Å². The molecule has 50 heavy (non-hydrogen) atoms. The molecule has 0 aliphatic rings. The number of allylic oxidation sites excluding steroid dienone is 2. The van der Waals surface area contributed by atoms with Gasteiger partial charge in [-0.15, -0.1) is 34.9 Å². The van der Waals surface area contributed by atoms with Crippen molar-refractivity contribution in [3.8, 4) is 22.4 Å². The van der Waals surface area contributed by atoms with E-state index in [9.17, 15) is 23.1 Å². The van der Waals surface area contributed by atoms with Crippen LogP contribution >= 0.6 is 0 Å². The Morgan fingerprint density at radius 1 is 0.760 bits per heavy atom. The molecule has 0 saturated carbocycles. The maximum absolute atomic E-state index is 13.0. The molecular formula is C41H40F3IrN3O2. The summed E-state index contributed by atoms with van der Waals surface area (Å²) in [5, 5.41) is 13.9. The molecule has 0 unspecified atom stereocenters. The largest absolute Gasteiger partial charge is 0.511 e. The number of aliphatic hydroxyl groups excluding tert-OH is 1. The molecule has 0 amide bonds. The maximum Gasteiger partial charge on any atom is 0.434 e. The molecule has 0 spiro atoms. The molecule has 0 bridgehead atoms. The second-order valence-corrected chi connectivity index (χ2v) is 14.4. The molecule has 0 aliphatic heterocycles. The Bertz CT molecular complexity index is 2230. The average molecular weight is 856 g/mol. The van der Waals surface area contributed by atoms with Crippen molar-refractivity contribution in [2.75, 3.05) is 0 Å². The number of fused-ring (bicyclic) bond motifs is 4. The summed E-state index contributed by atoms with van der Waals surface area (Å²) in [6, 6.07) is 25.1. The zero-order valence-corrected chi connectivity index (χ0v) is 31.7. The number of aromatic nitrogens is 3. The molecule has 261 valence electrons. The molecule has 6 aromatic rings. The SMILES string of the molecule is CC(C)(C)C(=[OH+])/C=C(\O)C(C)(C)C.Cc1[c-]c(-c2nccc3c2ccc2cc(-c4ccc5nc(C(F)(F)F)cnc5c4)ccc23)cc(C)c1.[Ir]. The van der Waals surface area contributed by atoms with Crippen molar-refractivity contribution in [3.05, 3.63) is 114 Å². The number of aliphatic hydroxyl groups is 1. The van der Waals surface area contributed by atoms with Crippen LogP contribution < -0.4 is 0 Å². The van der Waals surface area contributed by atoms with Crippen LogP contribution in [-0.2, 0) is 26.3 Å². The minimum atomic E-state index is -4.52. The van der Waals surface area contributed by atoms with E-state index in [1.165, 1.54) is 11.6 Å². The second-order valence-electron chi connectivity index (χ2n) is 14.4. The number of ketones is 1. The van der Waals surface area contributed by atoms with E-state index in [-0.39, 0.29) is 48.0 Å². The molecule has 0 aliphatic carbocycles. The summed E-state index contributed by atoms with van der Waals surface area (Å²) in [6.07, 6.45) is -0.474. The summed E-state index contributed by atoms with van der Waals surface area (Å²) >= 11 is 0. The topological polar surface area (TPSA) is 80.3 Å². The van der Waals surface area contributed by atoms with Gasteiger partial charge in [0.05, 0.1) is 28.7 Å². The summed E-state index contributed by atoms with van der Waals surface area (Å²) < 4.78 is 38.9. The van der Waals surface area contributed by atoms with Gasteiger partial charge in [0.25, 0.3) is 0 Å². The van der Waals surface area contributed by atoms with Crippen molar-refractivity contribution in [1.82, 2.24) is 15.0 Å². The van der Waals surface area contributed by atoms with Crippen LogP contribution in [0.4, 0.5) is 13.2 Å². The van der Waals surface area contributed by atoms with Crippen molar-refractivity contribution in [2.45, 2.75) is 61.6 Å². The molecular weight excluding hydrogens is 816 g/mol. The monoisotopic (exact) mass is 856 g/mol. The molecule has 2 N–H and O–H groups in total. The van der Waals surface area contributed by atoms with Gasteiger partial charge in [0.15, 0.2) is 5.69 Å². The third kappa shape index (κ3) is 8.63. The predicted molar refractivity (Wildman–Crippen MR) is 193 cm³/mol. The summed E-state index contributed by atoms with van der Waals surface area (Å²) in [7, 11) is 0. The average Bonchev–Trinajstić information content (AvgIpc) is 3.02. The Balaban J connectivity index is 0.000000345. The number of aryl methyl sites for hydroxylation is 2. The van der Waals surface area contributed by atoms with Gasteiger partial charge in [-0.3, -0.25) is 9.78 Å². The van der Waals surface area contributed by atoms with Gasteiger partial charge in [0.1, 0.15) is 5.76 Å². The number of pyridine rings is 1. The van der Waals surface area contributed by atoms with E-state index in [0.29, 0.717) is 5.52 Å². The molecule has 4 aromatic carbocycles. The predicted octanol–water partition coefficient (Wildman–Crippen LogP) is 11.2. The molecule has 1 radical (unpaired) electrons. The van der Waals surface area contributed by atoms with Crippen LogP contribution in [0.25, 0.3) is 55.0 Å². The zero-order valence-electron chi connectivity index (χ0n) is 29.3. The Morgan fingerprint density at radius 2 is 1.42 bits per heavy atom. The van der Waals surface area contributed by atoms with Crippen molar-refractivity contribution in [1.29, 1.82) is 0 Å². The van der Waals surface area contributed by atoms with Crippen molar-refractivity contribution in [3.63, 3.8) is 0 Å². The Labute approximate surface area is 304 Å². The van der Waals surface area contributed by atoms with Crippen LogP contribution in [-0.4, -0.2) is 30.6 Å². The van der Waals surface area contributed by atoms with Crippen LogP contribution in [0.1, 0.15) is 58.4 Å². The number of rotatable bonds is 3. The van der Waals surface area contributed by atoms with Crippen LogP contribution in [0.5, 0.6) is 0 Å². The third-order valence-electron chi connectivity index (χ3n) is 8.14. The molecule has 0 saturated heterocycles. The summed E-state index contributed by atoms with van der Waals surface area (Å²) in [5.74, 6) is 0.417. The van der Waals surface area contributed by atoms with E-state index in [4.69, 9.17) is 0 Å². The number of nitrogens with zero attached hydrogens (tertiary/aromatic N) is 3. The zero-order chi connectivity index (χ0) is 35.9. The van der Waals surface area contributed by atoms with E-state index in [1.807, 2.05) is 66.8 Å². The van der Waals surface area contributed by atoms with Gasteiger partial charge in [0.2, 0.25) is 0 Å². The summed E-state index contributed by atoms with van der Waals surface area (Å²) in [5.41, 5.74) is 4.94. The first-order valence-electron chi connectivity index (χ1n) is 16.0. The van der Waals surface area contributed by atoms with Gasteiger partial charge in [-0.05, 0) is 83.4 Å². The van der Waals surface area contributed by atoms with Gasteiger partial charge in [-0.1, -0.05) is 65.0 Å². The number of hydrogen-bond donors (Lipinski definition) is 1. The number of hydrogen-bond acceptors (Lipinski definition) is 4. The molecule has 5 nitrogen and oxygen atoms in total. The quantitative estimate of drug-likeness (QED) is 0.0632. The minimum absolute atomic E-state index is 0. The standard InChI is InChI=1S/C30H19F3N3.C11H20O2.Ir/c1-17-11-18(2)13-22(12-17)29-25-7-4-21-14-19(3-6-23(21)24(25)9-10-34-29)20-5-8-26-27(15-20)35-16-28(36-26)30(31,32)33;1-10(2,3)8(12)7-9(13)11(4,5)6;/h3-12,14-16H,1-2H3;7,12H,1-6H3;/q-1;;/p+1/b;8-7-;. The Kier molecular flexibility index (Phi) is 11.1. The van der Waals surface area contributed by atoms with E-state index in [1.54, 1.807) is 18.2 Å². The molecule has 2 aromatic heterocycles.